The van der Waals surface area contributed by atoms with Crippen LogP contribution in [0.3, 0.4) is 0 Å². The lowest BCUT2D eigenvalue weighted by Crippen LogP contribution is -2.13. The minimum atomic E-state index is -0.575. The second-order valence-corrected chi connectivity index (χ2v) is 7.54. The summed E-state index contributed by atoms with van der Waals surface area (Å²) < 4.78 is 20.1. The molecule has 0 atom stereocenters. The van der Waals surface area contributed by atoms with Gasteiger partial charge in [-0.1, -0.05) is 42.5 Å². The van der Waals surface area contributed by atoms with Crippen LogP contribution in [-0.2, 0) is 18.0 Å². The summed E-state index contributed by atoms with van der Waals surface area (Å²) in [4.78, 5) is 16.9. The summed E-state index contributed by atoms with van der Waals surface area (Å²) in [5.74, 6) is -0.923. The van der Waals surface area contributed by atoms with Crippen LogP contribution >= 0.6 is 0 Å². The number of rotatable bonds is 8. The third-order valence-corrected chi connectivity index (χ3v) is 5.13. The molecule has 0 aliphatic heterocycles. The van der Waals surface area contributed by atoms with Crippen LogP contribution in [0.4, 0.5) is 21.6 Å². The monoisotopic (exact) mass is 455 g/mol. The number of nitrogens with two attached hydrogens (primary N) is 1. The highest BCUT2D eigenvalue weighted by molar-refractivity contribution is 6.04. The number of carbonyl (C=O) groups is 1. The molecule has 0 radical (unpaired) electrons. The summed E-state index contributed by atoms with van der Waals surface area (Å²) in [5.41, 5.74) is 16.5. The molecule has 170 valence electrons. The molecule has 0 saturated carbocycles. The lowest BCUT2D eigenvalue weighted by molar-refractivity contribution is 0.102. The van der Waals surface area contributed by atoms with Gasteiger partial charge in [0.1, 0.15) is 11.5 Å². The van der Waals surface area contributed by atoms with E-state index in [1.807, 2.05) is 30.3 Å². The molecule has 0 aliphatic rings. The highest BCUT2D eigenvalue weighted by Crippen LogP contribution is 2.28. The predicted octanol–water partition coefficient (Wildman–Crippen LogP) is 6.10. The van der Waals surface area contributed by atoms with Crippen molar-refractivity contribution in [3.05, 3.63) is 107 Å². The fourth-order valence-electron chi connectivity index (χ4n) is 3.31. The number of benzene rings is 3. The number of nitrogens with zero attached hydrogens (tertiary/aromatic N) is 2. The van der Waals surface area contributed by atoms with Crippen molar-refractivity contribution in [2.24, 2.45) is 5.11 Å². The van der Waals surface area contributed by atoms with E-state index in [0.29, 0.717) is 30.0 Å². The summed E-state index contributed by atoms with van der Waals surface area (Å²) in [5, 5.41) is 5.89. The van der Waals surface area contributed by atoms with Crippen molar-refractivity contribution in [1.29, 1.82) is 5.53 Å². The molecule has 1 amide bonds. The lowest BCUT2D eigenvalue weighted by Gasteiger charge is -2.10. The summed E-state index contributed by atoms with van der Waals surface area (Å²) in [7, 11) is 0. The Morgan fingerprint density at radius 3 is 2.35 bits per heavy atom. The van der Waals surface area contributed by atoms with E-state index in [1.54, 1.807) is 36.4 Å². The van der Waals surface area contributed by atoms with Crippen molar-refractivity contribution in [2.45, 2.75) is 13.2 Å². The Morgan fingerprint density at radius 2 is 1.68 bits per heavy atom. The lowest BCUT2D eigenvalue weighted by atomic mass is 10.1. The number of hydrogen-bond donors (Lipinski definition) is 3. The van der Waals surface area contributed by atoms with Crippen LogP contribution in [0.2, 0.25) is 0 Å². The van der Waals surface area contributed by atoms with Crippen LogP contribution in [0.25, 0.3) is 11.3 Å². The number of hydrogen-bond acceptors (Lipinski definition) is 6. The molecule has 1 aromatic heterocycles. The molecule has 0 spiro atoms. The van der Waals surface area contributed by atoms with Gasteiger partial charge in [0.15, 0.2) is 5.82 Å². The zero-order valence-electron chi connectivity index (χ0n) is 18.2. The number of pyridine rings is 1. The van der Waals surface area contributed by atoms with E-state index < -0.39 is 11.7 Å². The average molecular weight is 455 g/mol. The van der Waals surface area contributed by atoms with Gasteiger partial charge in [0, 0.05) is 11.1 Å². The summed E-state index contributed by atoms with van der Waals surface area (Å²) in [6.45, 7) is 0.912. The summed E-state index contributed by atoms with van der Waals surface area (Å²) >= 11 is 0. The standard InChI is InChI=1S/C26H22FN5O2/c27-21-11-10-20(22-12-13-23(32-29)25(28)30-22)14-24(21)31-26(33)19-8-6-18(7-9-19)16-34-15-17-4-2-1-3-5-17/h1-14,29H,15-16H2,(H2,28,30)(H,31,33). The number of carbonyl (C=O) groups excluding carboxylic acids is 1. The maximum Gasteiger partial charge on any atom is 0.255 e. The maximum atomic E-state index is 14.4. The summed E-state index contributed by atoms with van der Waals surface area (Å²) in [6.07, 6.45) is 0. The third kappa shape index (κ3) is 5.48. The number of aromatic nitrogens is 1. The first-order valence-electron chi connectivity index (χ1n) is 10.5. The van der Waals surface area contributed by atoms with Gasteiger partial charge in [-0.25, -0.2) is 14.9 Å². The molecule has 0 aliphatic carbocycles. The molecule has 34 heavy (non-hydrogen) atoms. The molecule has 8 heteroatoms. The molecule has 0 bridgehead atoms. The van der Waals surface area contributed by atoms with Crippen LogP contribution in [0, 0.1) is 11.3 Å². The fraction of sp³-hybridized carbons (Fsp3) is 0.0769. The SMILES string of the molecule is N=Nc1ccc(-c2ccc(F)c(NC(=O)c3ccc(COCc4ccccc4)cc3)c2)nc1N. The second-order valence-electron chi connectivity index (χ2n) is 7.54. The Hall–Kier alpha value is -4.43. The quantitative estimate of drug-likeness (QED) is 0.279. The molecule has 0 saturated heterocycles. The molecule has 0 unspecified atom stereocenters. The van der Waals surface area contributed by atoms with E-state index in [0.717, 1.165) is 11.1 Å². The van der Waals surface area contributed by atoms with Gasteiger partial charge in [0.05, 0.1) is 24.6 Å². The topological polar surface area (TPSA) is 113 Å². The van der Waals surface area contributed by atoms with Crippen LogP contribution in [-0.4, -0.2) is 10.9 Å². The zero-order valence-corrected chi connectivity index (χ0v) is 18.2. The van der Waals surface area contributed by atoms with Crippen molar-refractivity contribution in [1.82, 2.24) is 4.98 Å². The normalized spacial score (nSPS) is 10.6. The number of nitrogen functional groups attached to an aromatic ring is 1. The molecule has 4 aromatic rings. The van der Waals surface area contributed by atoms with Crippen molar-refractivity contribution in [3.63, 3.8) is 0 Å². The molecule has 4 N–H and O–H groups in total. The highest BCUT2D eigenvalue weighted by Gasteiger charge is 2.12. The van der Waals surface area contributed by atoms with Gasteiger partial charge < -0.3 is 15.8 Å². The van der Waals surface area contributed by atoms with E-state index in [9.17, 15) is 9.18 Å². The van der Waals surface area contributed by atoms with Crippen molar-refractivity contribution < 1.29 is 13.9 Å². The number of nitrogens with one attached hydrogen (secondary N) is 2. The Kier molecular flexibility index (Phi) is 7.00. The average Bonchev–Trinajstić information content (AvgIpc) is 2.86. The van der Waals surface area contributed by atoms with Gasteiger partial charge in [-0.15, -0.1) is 0 Å². The van der Waals surface area contributed by atoms with Gasteiger partial charge in [0.25, 0.3) is 5.91 Å². The van der Waals surface area contributed by atoms with Gasteiger partial charge in [-0.05, 0) is 53.6 Å². The minimum Gasteiger partial charge on any atom is -0.382 e. The van der Waals surface area contributed by atoms with Gasteiger partial charge in [-0.3, -0.25) is 4.79 Å². The Morgan fingerprint density at radius 1 is 0.971 bits per heavy atom. The molecule has 3 aromatic carbocycles. The molecule has 0 fully saturated rings. The smallest absolute Gasteiger partial charge is 0.255 e. The van der Waals surface area contributed by atoms with Gasteiger partial charge in [0.2, 0.25) is 0 Å². The Labute approximate surface area is 195 Å². The van der Waals surface area contributed by atoms with E-state index in [1.165, 1.54) is 18.2 Å². The van der Waals surface area contributed by atoms with E-state index in [2.05, 4.69) is 15.4 Å². The molecular formula is C26H22FN5O2. The number of halogens is 1. The van der Waals surface area contributed by atoms with Gasteiger partial charge in [-0.2, -0.15) is 5.11 Å². The molecular weight excluding hydrogens is 433 g/mol. The fourth-order valence-corrected chi connectivity index (χ4v) is 3.31. The first-order valence-corrected chi connectivity index (χ1v) is 10.5. The van der Waals surface area contributed by atoms with E-state index >= 15 is 0 Å². The predicted molar refractivity (Wildman–Crippen MR) is 128 cm³/mol. The van der Waals surface area contributed by atoms with E-state index in [-0.39, 0.29) is 17.2 Å². The Bertz CT molecular complexity index is 1310. The molecule has 7 nitrogen and oxygen atoms in total. The zero-order chi connectivity index (χ0) is 23.9. The summed E-state index contributed by atoms with van der Waals surface area (Å²) in [6, 6.07) is 24.3. The maximum absolute atomic E-state index is 14.4. The molecule has 4 rings (SSSR count). The van der Waals surface area contributed by atoms with Crippen molar-refractivity contribution >= 4 is 23.1 Å². The van der Waals surface area contributed by atoms with Crippen LogP contribution in [0.5, 0.6) is 0 Å². The highest BCUT2D eigenvalue weighted by atomic mass is 19.1. The van der Waals surface area contributed by atoms with Crippen molar-refractivity contribution in [3.8, 4) is 11.3 Å². The number of ether oxygens (including phenoxy) is 1. The largest absolute Gasteiger partial charge is 0.382 e. The molecule has 1 heterocycles. The van der Waals surface area contributed by atoms with Crippen LogP contribution < -0.4 is 11.1 Å². The van der Waals surface area contributed by atoms with Crippen molar-refractivity contribution in [2.75, 3.05) is 11.1 Å². The van der Waals surface area contributed by atoms with Gasteiger partial charge >= 0.3 is 0 Å². The first kappa shape index (κ1) is 22.8. The van der Waals surface area contributed by atoms with Crippen LogP contribution in [0.1, 0.15) is 21.5 Å². The first-order chi connectivity index (χ1) is 16.5. The van der Waals surface area contributed by atoms with Crippen LogP contribution in [0.15, 0.2) is 90.0 Å². The number of amides is 1. The Balaban J connectivity index is 1.41. The second kappa shape index (κ2) is 10.5. The minimum absolute atomic E-state index is 0.0207. The number of anilines is 2. The third-order valence-electron chi connectivity index (χ3n) is 5.13. The van der Waals surface area contributed by atoms with E-state index in [4.69, 9.17) is 16.0 Å².